The van der Waals surface area contributed by atoms with Crippen LogP contribution in [0.5, 0.6) is 0 Å². The zero-order valence-electron chi connectivity index (χ0n) is 10.3. The molecule has 0 aromatic carbocycles. The van der Waals surface area contributed by atoms with Gasteiger partial charge in [0.05, 0.1) is 19.6 Å². The largest absolute Gasteiger partial charge is 0.337 e. The Balaban J connectivity index is 4.12. The molecule has 0 fully saturated rings. The number of rotatable bonds is 6. The van der Waals surface area contributed by atoms with Crippen LogP contribution < -0.4 is 0 Å². The molecule has 0 N–H and O–H groups in total. The second-order valence-electron chi connectivity index (χ2n) is 3.93. The predicted octanol–water partition coefficient (Wildman–Crippen LogP) is -1.34. The van der Waals surface area contributed by atoms with Gasteiger partial charge in [-0.2, -0.15) is 0 Å². The molecule has 2 amide bonds. The summed E-state index contributed by atoms with van der Waals surface area (Å²) in [5, 5.41) is 0. The standard InChI is InChI=1S/C10H19N3O3/c1-11(2)7-9(15)13(4)8-10(16)12(3)5-6-14/h6H,5,7-8H2,1-4H3. The maximum atomic E-state index is 11.5. The van der Waals surface area contributed by atoms with Crippen molar-refractivity contribution in [1.29, 1.82) is 0 Å². The molecule has 6 nitrogen and oxygen atoms in total. The van der Waals surface area contributed by atoms with E-state index in [1.807, 2.05) is 0 Å². The molecular weight excluding hydrogens is 210 g/mol. The molecule has 0 aromatic heterocycles. The fourth-order valence-corrected chi connectivity index (χ4v) is 1.02. The summed E-state index contributed by atoms with van der Waals surface area (Å²) < 4.78 is 0. The van der Waals surface area contributed by atoms with Crippen LogP contribution in [-0.2, 0) is 14.4 Å². The third-order valence-electron chi connectivity index (χ3n) is 2.02. The minimum Gasteiger partial charge on any atom is -0.337 e. The first-order valence-electron chi connectivity index (χ1n) is 4.94. The van der Waals surface area contributed by atoms with Gasteiger partial charge in [0, 0.05) is 14.1 Å². The van der Waals surface area contributed by atoms with Crippen LogP contribution in [0.25, 0.3) is 0 Å². The lowest BCUT2D eigenvalue weighted by atomic mass is 10.4. The van der Waals surface area contributed by atoms with E-state index in [-0.39, 0.29) is 31.4 Å². The average molecular weight is 229 g/mol. The fourth-order valence-electron chi connectivity index (χ4n) is 1.02. The van der Waals surface area contributed by atoms with E-state index in [1.54, 1.807) is 26.0 Å². The molecule has 0 saturated heterocycles. The Morgan fingerprint density at radius 2 is 1.44 bits per heavy atom. The quantitative estimate of drug-likeness (QED) is 0.529. The van der Waals surface area contributed by atoms with Crippen molar-refractivity contribution in [2.24, 2.45) is 0 Å². The number of carbonyl (C=O) groups excluding carboxylic acids is 3. The zero-order chi connectivity index (χ0) is 12.7. The number of hydrogen-bond acceptors (Lipinski definition) is 4. The number of aldehydes is 1. The summed E-state index contributed by atoms with van der Waals surface area (Å²) in [5.74, 6) is -0.375. The highest BCUT2D eigenvalue weighted by Gasteiger charge is 2.15. The Hall–Kier alpha value is -1.43. The number of likely N-dealkylation sites (N-methyl/N-ethyl adjacent to an activating group) is 3. The van der Waals surface area contributed by atoms with Crippen molar-refractivity contribution in [3.8, 4) is 0 Å². The molecule has 6 heteroatoms. The van der Waals surface area contributed by atoms with Gasteiger partial charge in [-0.15, -0.1) is 0 Å². The third kappa shape index (κ3) is 5.45. The van der Waals surface area contributed by atoms with E-state index in [0.29, 0.717) is 6.29 Å². The smallest absolute Gasteiger partial charge is 0.242 e. The molecule has 0 aliphatic rings. The molecule has 16 heavy (non-hydrogen) atoms. The van der Waals surface area contributed by atoms with Gasteiger partial charge in [-0.05, 0) is 14.1 Å². The summed E-state index contributed by atoms with van der Waals surface area (Å²) >= 11 is 0. The van der Waals surface area contributed by atoms with Crippen LogP contribution in [0.2, 0.25) is 0 Å². The molecule has 0 saturated carbocycles. The summed E-state index contributed by atoms with van der Waals surface area (Å²) in [4.78, 5) is 37.6. The van der Waals surface area contributed by atoms with Gasteiger partial charge in [0.15, 0.2) is 0 Å². The summed E-state index contributed by atoms with van der Waals surface area (Å²) in [6, 6.07) is 0. The lowest BCUT2D eigenvalue weighted by Gasteiger charge is -2.21. The maximum absolute atomic E-state index is 11.5. The van der Waals surface area contributed by atoms with Crippen LogP contribution in [0.3, 0.4) is 0 Å². The minimum absolute atomic E-state index is 0.00296. The topological polar surface area (TPSA) is 60.9 Å². The molecule has 0 bridgehead atoms. The van der Waals surface area contributed by atoms with Crippen molar-refractivity contribution in [1.82, 2.24) is 14.7 Å². The molecule has 0 heterocycles. The second-order valence-corrected chi connectivity index (χ2v) is 3.93. The van der Waals surface area contributed by atoms with Crippen LogP contribution in [0.1, 0.15) is 0 Å². The first-order chi connectivity index (χ1) is 7.38. The van der Waals surface area contributed by atoms with Gasteiger partial charge in [0.2, 0.25) is 11.8 Å². The van der Waals surface area contributed by atoms with E-state index in [2.05, 4.69) is 0 Å². The molecule has 0 aliphatic carbocycles. The van der Waals surface area contributed by atoms with Crippen molar-refractivity contribution < 1.29 is 14.4 Å². The molecule has 0 spiro atoms. The van der Waals surface area contributed by atoms with Crippen LogP contribution in [0.4, 0.5) is 0 Å². The minimum atomic E-state index is -0.248. The molecule has 0 rings (SSSR count). The Bertz CT molecular complexity index is 266. The van der Waals surface area contributed by atoms with Crippen molar-refractivity contribution in [3.05, 3.63) is 0 Å². The van der Waals surface area contributed by atoms with Gasteiger partial charge in [0.25, 0.3) is 0 Å². The van der Waals surface area contributed by atoms with Gasteiger partial charge in [-0.3, -0.25) is 9.59 Å². The predicted molar refractivity (Wildman–Crippen MR) is 59.9 cm³/mol. The summed E-state index contributed by atoms with van der Waals surface area (Å²) in [7, 11) is 6.66. The van der Waals surface area contributed by atoms with E-state index in [4.69, 9.17) is 0 Å². The molecular formula is C10H19N3O3. The zero-order valence-corrected chi connectivity index (χ0v) is 10.3. The summed E-state index contributed by atoms with van der Waals surface area (Å²) in [5.41, 5.74) is 0. The number of hydrogen-bond donors (Lipinski definition) is 0. The lowest BCUT2D eigenvalue weighted by Crippen LogP contribution is -2.42. The Labute approximate surface area is 95.8 Å². The third-order valence-corrected chi connectivity index (χ3v) is 2.02. The second kappa shape index (κ2) is 6.95. The fraction of sp³-hybridized carbons (Fsp3) is 0.700. The highest BCUT2D eigenvalue weighted by atomic mass is 16.2. The molecule has 92 valence electrons. The highest BCUT2D eigenvalue weighted by Crippen LogP contribution is 1.91. The first kappa shape index (κ1) is 14.6. The summed E-state index contributed by atoms with van der Waals surface area (Å²) in [6.07, 6.45) is 0.652. The molecule has 0 aliphatic heterocycles. The van der Waals surface area contributed by atoms with Crippen molar-refractivity contribution in [2.75, 3.05) is 47.8 Å². The van der Waals surface area contributed by atoms with E-state index >= 15 is 0 Å². The molecule has 0 unspecified atom stereocenters. The van der Waals surface area contributed by atoms with Gasteiger partial charge in [0.1, 0.15) is 6.29 Å². The van der Waals surface area contributed by atoms with Gasteiger partial charge >= 0.3 is 0 Å². The van der Waals surface area contributed by atoms with Gasteiger partial charge < -0.3 is 19.5 Å². The monoisotopic (exact) mass is 229 g/mol. The average Bonchev–Trinajstić information content (AvgIpc) is 2.16. The number of carbonyl (C=O) groups is 3. The Kier molecular flexibility index (Phi) is 6.32. The lowest BCUT2D eigenvalue weighted by molar-refractivity contribution is -0.139. The molecule has 0 atom stereocenters. The van der Waals surface area contributed by atoms with Crippen LogP contribution in [0.15, 0.2) is 0 Å². The van der Waals surface area contributed by atoms with Crippen molar-refractivity contribution in [2.45, 2.75) is 0 Å². The Morgan fingerprint density at radius 1 is 0.938 bits per heavy atom. The van der Waals surface area contributed by atoms with Gasteiger partial charge in [-0.25, -0.2) is 0 Å². The normalized spacial score (nSPS) is 10.1. The van der Waals surface area contributed by atoms with E-state index in [9.17, 15) is 14.4 Å². The number of amides is 2. The highest BCUT2D eigenvalue weighted by molar-refractivity contribution is 5.86. The maximum Gasteiger partial charge on any atom is 0.242 e. The molecule has 0 aromatic rings. The van der Waals surface area contributed by atoms with Crippen LogP contribution >= 0.6 is 0 Å². The SMILES string of the molecule is CN(C)CC(=O)N(C)CC(=O)N(C)CC=O. The Morgan fingerprint density at radius 3 is 1.88 bits per heavy atom. The van der Waals surface area contributed by atoms with Crippen LogP contribution in [-0.4, -0.2) is 80.6 Å². The van der Waals surface area contributed by atoms with E-state index in [0.717, 1.165) is 0 Å². The van der Waals surface area contributed by atoms with Gasteiger partial charge in [-0.1, -0.05) is 0 Å². The number of nitrogens with zero attached hydrogens (tertiary/aromatic N) is 3. The van der Waals surface area contributed by atoms with Crippen molar-refractivity contribution in [3.63, 3.8) is 0 Å². The van der Waals surface area contributed by atoms with Crippen LogP contribution in [0, 0.1) is 0 Å². The van der Waals surface area contributed by atoms with E-state index in [1.165, 1.54) is 16.8 Å². The van der Waals surface area contributed by atoms with E-state index < -0.39 is 0 Å². The van der Waals surface area contributed by atoms with Crippen molar-refractivity contribution >= 4 is 18.1 Å². The molecule has 0 radical (unpaired) electrons. The summed E-state index contributed by atoms with van der Waals surface area (Å²) in [6.45, 7) is 0.312. The first-order valence-corrected chi connectivity index (χ1v) is 4.94.